The first-order chi connectivity index (χ1) is 8.45. The normalized spacial score (nSPS) is 11.9. The van der Waals surface area contributed by atoms with Gasteiger partial charge < -0.3 is 16.2 Å². The standard InChI is InChI=1S/C13H18N2O3/c1-3-4-11(13(17)18)15-12(16)9-5-6-10(14)8(2)7-9/h5-7,11H,3-4,14H2,1-2H3,(H,15,16)(H,17,18)/t11-/m1/s1. The van der Waals surface area contributed by atoms with E-state index < -0.39 is 12.0 Å². The van der Waals surface area contributed by atoms with Crippen LogP contribution < -0.4 is 11.1 Å². The summed E-state index contributed by atoms with van der Waals surface area (Å²) in [6.45, 7) is 3.67. The lowest BCUT2D eigenvalue weighted by atomic mass is 10.1. The molecule has 1 rings (SSSR count). The number of aliphatic carboxylic acids is 1. The summed E-state index contributed by atoms with van der Waals surface area (Å²) in [5.74, 6) is -1.41. The van der Waals surface area contributed by atoms with Crippen molar-refractivity contribution in [1.29, 1.82) is 0 Å². The number of carboxylic acid groups (broad SMARTS) is 1. The van der Waals surface area contributed by atoms with E-state index in [1.165, 1.54) is 0 Å². The van der Waals surface area contributed by atoms with E-state index in [0.717, 1.165) is 5.56 Å². The van der Waals surface area contributed by atoms with Gasteiger partial charge in [0.05, 0.1) is 0 Å². The number of anilines is 1. The van der Waals surface area contributed by atoms with Gasteiger partial charge in [-0.05, 0) is 37.1 Å². The molecule has 0 bridgehead atoms. The summed E-state index contributed by atoms with van der Waals surface area (Å²) in [5.41, 5.74) is 7.48. The first kappa shape index (κ1) is 14.0. The monoisotopic (exact) mass is 250 g/mol. The quantitative estimate of drug-likeness (QED) is 0.691. The van der Waals surface area contributed by atoms with Gasteiger partial charge in [0.2, 0.25) is 0 Å². The topological polar surface area (TPSA) is 92.4 Å². The lowest BCUT2D eigenvalue weighted by molar-refractivity contribution is -0.139. The molecule has 0 heterocycles. The molecule has 4 N–H and O–H groups in total. The Balaban J connectivity index is 2.80. The second-order valence-electron chi connectivity index (χ2n) is 4.22. The molecule has 0 fully saturated rings. The number of carbonyl (C=O) groups is 2. The number of aryl methyl sites for hydroxylation is 1. The molecule has 0 radical (unpaired) electrons. The molecular formula is C13H18N2O3. The van der Waals surface area contributed by atoms with Gasteiger partial charge in [0.15, 0.2) is 0 Å². The SMILES string of the molecule is CCC[C@@H](NC(=O)c1ccc(N)c(C)c1)C(=O)O. The van der Waals surface area contributed by atoms with Gasteiger partial charge in [-0.15, -0.1) is 0 Å². The minimum atomic E-state index is -1.02. The van der Waals surface area contributed by atoms with Crippen LogP contribution in [0.25, 0.3) is 0 Å². The van der Waals surface area contributed by atoms with E-state index >= 15 is 0 Å². The third kappa shape index (κ3) is 3.48. The largest absolute Gasteiger partial charge is 0.480 e. The highest BCUT2D eigenvalue weighted by Crippen LogP contribution is 2.13. The van der Waals surface area contributed by atoms with Gasteiger partial charge in [-0.3, -0.25) is 4.79 Å². The van der Waals surface area contributed by atoms with Crippen LogP contribution in [0.1, 0.15) is 35.7 Å². The highest BCUT2D eigenvalue weighted by atomic mass is 16.4. The number of amides is 1. The molecule has 1 aromatic rings. The van der Waals surface area contributed by atoms with Crippen LogP contribution in [-0.4, -0.2) is 23.0 Å². The molecule has 5 nitrogen and oxygen atoms in total. The Hall–Kier alpha value is -2.04. The number of carbonyl (C=O) groups excluding carboxylic acids is 1. The summed E-state index contributed by atoms with van der Waals surface area (Å²) in [7, 11) is 0. The zero-order valence-electron chi connectivity index (χ0n) is 10.6. The molecule has 18 heavy (non-hydrogen) atoms. The molecule has 1 aromatic carbocycles. The number of nitrogens with two attached hydrogens (primary N) is 1. The lowest BCUT2D eigenvalue weighted by Crippen LogP contribution is -2.40. The minimum absolute atomic E-state index is 0.390. The maximum atomic E-state index is 11.9. The molecule has 5 heteroatoms. The van der Waals surface area contributed by atoms with Crippen LogP contribution in [0.5, 0.6) is 0 Å². The van der Waals surface area contributed by atoms with Gasteiger partial charge in [-0.2, -0.15) is 0 Å². The first-order valence-corrected chi connectivity index (χ1v) is 5.85. The van der Waals surface area contributed by atoms with Gasteiger partial charge in [0, 0.05) is 11.3 Å². The molecule has 0 aliphatic rings. The average molecular weight is 250 g/mol. The molecule has 1 atom stereocenters. The maximum absolute atomic E-state index is 11.9. The van der Waals surface area contributed by atoms with Crippen molar-refractivity contribution in [3.8, 4) is 0 Å². The number of nitrogen functional groups attached to an aromatic ring is 1. The Morgan fingerprint density at radius 3 is 2.61 bits per heavy atom. The van der Waals surface area contributed by atoms with E-state index in [-0.39, 0.29) is 5.91 Å². The van der Waals surface area contributed by atoms with Crippen molar-refractivity contribution in [1.82, 2.24) is 5.32 Å². The van der Waals surface area contributed by atoms with E-state index in [9.17, 15) is 9.59 Å². The number of nitrogens with one attached hydrogen (secondary N) is 1. The Labute approximate surface area is 106 Å². The predicted molar refractivity (Wildman–Crippen MR) is 69.4 cm³/mol. The zero-order valence-corrected chi connectivity index (χ0v) is 10.6. The third-order valence-electron chi connectivity index (χ3n) is 2.71. The van der Waals surface area contributed by atoms with Crippen LogP contribution in [0.15, 0.2) is 18.2 Å². The molecular weight excluding hydrogens is 232 g/mol. The molecule has 98 valence electrons. The molecule has 0 saturated heterocycles. The summed E-state index contributed by atoms with van der Waals surface area (Å²) < 4.78 is 0. The van der Waals surface area contributed by atoms with Crippen LogP contribution in [0.4, 0.5) is 5.69 Å². The Morgan fingerprint density at radius 2 is 2.11 bits per heavy atom. The van der Waals surface area contributed by atoms with Gasteiger partial charge in [-0.25, -0.2) is 4.79 Å². The summed E-state index contributed by atoms with van der Waals surface area (Å²) in [6, 6.07) is 4.03. The fourth-order valence-electron chi connectivity index (χ4n) is 1.60. The molecule has 0 aliphatic carbocycles. The van der Waals surface area contributed by atoms with Crippen LogP contribution in [0, 0.1) is 6.92 Å². The number of rotatable bonds is 5. The van der Waals surface area contributed by atoms with Crippen LogP contribution in [0.3, 0.4) is 0 Å². The van der Waals surface area contributed by atoms with Crippen molar-refractivity contribution in [2.24, 2.45) is 0 Å². The minimum Gasteiger partial charge on any atom is -0.480 e. The lowest BCUT2D eigenvalue weighted by Gasteiger charge is -2.14. The van der Waals surface area contributed by atoms with Gasteiger partial charge in [-0.1, -0.05) is 13.3 Å². The number of benzene rings is 1. The van der Waals surface area contributed by atoms with E-state index in [2.05, 4.69) is 5.32 Å². The average Bonchev–Trinajstić information content (AvgIpc) is 2.31. The molecule has 0 unspecified atom stereocenters. The molecule has 1 amide bonds. The highest BCUT2D eigenvalue weighted by molar-refractivity contribution is 5.97. The number of carboxylic acids is 1. The van der Waals surface area contributed by atoms with Crippen molar-refractivity contribution in [2.75, 3.05) is 5.73 Å². The highest BCUT2D eigenvalue weighted by Gasteiger charge is 2.19. The summed E-state index contributed by atoms with van der Waals surface area (Å²) in [4.78, 5) is 22.8. The molecule has 0 saturated carbocycles. The summed E-state index contributed by atoms with van der Waals surface area (Å²) in [5, 5.41) is 11.5. The van der Waals surface area contributed by atoms with Crippen molar-refractivity contribution in [3.63, 3.8) is 0 Å². The van der Waals surface area contributed by atoms with Crippen LogP contribution in [0.2, 0.25) is 0 Å². The van der Waals surface area contributed by atoms with E-state index in [0.29, 0.717) is 24.1 Å². The smallest absolute Gasteiger partial charge is 0.326 e. The van der Waals surface area contributed by atoms with Crippen molar-refractivity contribution in [3.05, 3.63) is 29.3 Å². The van der Waals surface area contributed by atoms with Crippen LogP contribution in [-0.2, 0) is 4.79 Å². The third-order valence-corrected chi connectivity index (χ3v) is 2.71. The fourth-order valence-corrected chi connectivity index (χ4v) is 1.60. The second-order valence-corrected chi connectivity index (χ2v) is 4.22. The summed E-state index contributed by atoms with van der Waals surface area (Å²) in [6.07, 6.45) is 1.10. The Kier molecular flexibility index (Phi) is 4.71. The molecule has 0 aliphatic heterocycles. The second kappa shape index (κ2) is 6.05. The van der Waals surface area contributed by atoms with E-state index in [1.807, 2.05) is 6.92 Å². The van der Waals surface area contributed by atoms with E-state index in [1.54, 1.807) is 25.1 Å². The molecule has 0 spiro atoms. The van der Waals surface area contributed by atoms with Gasteiger partial charge in [0.1, 0.15) is 6.04 Å². The van der Waals surface area contributed by atoms with Gasteiger partial charge >= 0.3 is 5.97 Å². The maximum Gasteiger partial charge on any atom is 0.326 e. The summed E-state index contributed by atoms with van der Waals surface area (Å²) >= 11 is 0. The van der Waals surface area contributed by atoms with Crippen molar-refractivity contribution < 1.29 is 14.7 Å². The Bertz CT molecular complexity index is 458. The van der Waals surface area contributed by atoms with Gasteiger partial charge in [0.25, 0.3) is 5.91 Å². The number of hydrogen-bond acceptors (Lipinski definition) is 3. The fraction of sp³-hybridized carbons (Fsp3) is 0.385. The zero-order chi connectivity index (χ0) is 13.7. The van der Waals surface area contributed by atoms with Crippen molar-refractivity contribution in [2.45, 2.75) is 32.7 Å². The number of hydrogen-bond donors (Lipinski definition) is 3. The van der Waals surface area contributed by atoms with Crippen molar-refractivity contribution >= 4 is 17.6 Å². The van der Waals surface area contributed by atoms with E-state index in [4.69, 9.17) is 10.8 Å². The Morgan fingerprint density at radius 1 is 1.44 bits per heavy atom. The molecule has 0 aromatic heterocycles. The predicted octanol–water partition coefficient (Wildman–Crippen LogP) is 1.56. The first-order valence-electron chi connectivity index (χ1n) is 5.85. The van der Waals surface area contributed by atoms with Crippen LogP contribution >= 0.6 is 0 Å².